The number of likely N-dealkylation sites (N-methyl/N-ethyl adjacent to an activating group) is 1. The molecule has 0 bridgehead atoms. The van der Waals surface area contributed by atoms with Crippen molar-refractivity contribution >= 4 is 5.95 Å². The Bertz CT molecular complexity index is 373. The third-order valence-electron chi connectivity index (χ3n) is 2.88. The van der Waals surface area contributed by atoms with Gasteiger partial charge in [0, 0.05) is 26.2 Å². The molecule has 0 unspecified atom stereocenters. The highest BCUT2D eigenvalue weighted by atomic mass is 16.5. The molecule has 1 aliphatic rings. The van der Waals surface area contributed by atoms with E-state index in [0.29, 0.717) is 17.7 Å². The number of aromatic nitrogens is 2. The molecule has 1 aromatic rings. The molecule has 0 amide bonds. The number of ether oxygens (including phenoxy) is 2. The molecule has 1 aliphatic carbocycles. The third-order valence-corrected chi connectivity index (χ3v) is 2.88. The molecule has 0 saturated heterocycles. The number of methoxy groups -OCH3 is 2. The molecule has 1 saturated carbocycles. The van der Waals surface area contributed by atoms with E-state index in [0.717, 1.165) is 19.1 Å². The summed E-state index contributed by atoms with van der Waals surface area (Å²) in [5.41, 5.74) is 0. The molecule has 0 spiro atoms. The fourth-order valence-corrected chi connectivity index (χ4v) is 1.60. The van der Waals surface area contributed by atoms with E-state index >= 15 is 0 Å². The molecular weight excluding hydrogens is 232 g/mol. The minimum absolute atomic E-state index is 0.513. The molecule has 6 nitrogen and oxygen atoms in total. The van der Waals surface area contributed by atoms with Crippen LogP contribution in [-0.2, 0) is 0 Å². The number of anilines is 1. The van der Waals surface area contributed by atoms with E-state index in [-0.39, 0.29) is 0 Å². The number of hydrogen-bond acceptors (Lipinski definition) is 6. The second-order valence-corrected chi connectivity index (χ2v) is 4.40. The summed E-state index contributed by atoms with van der Waals surface area (Å²) in [4.78, 5) is 10.6. The summed E-state index contributed by atoms with van der Waals surface area (Å²) >= 11 is 0. The second-order valence-electron chi connectivity index (χ2n) is 4.40. The van der Waals surface area contributed by atoms with Gasteiger partial charge in [-0.1, -0.05) is 0 Å². The summed E-state index contributed by atoms with van der Waals surface area (Å²) in [6, 6.07) is 2.39. The van der Waals surface area contributed by atoms with Crippen molar-refractivity contribution in [2.45, 2.75) is 18.9 Å². The Morgan fingerprint density at radius 1 is 1.28 bits per heavy atom. The summed E-state index contributed by atoms with van der Waals surface area (Å²) in [6.07, 6.45) is 2.60. The van der Waals surface area contributed by atoms with E-state index in [9.17, 15) is 0 Å². The van der Waals surface area contributed by atoms with Gasteiger partial charge in [-0.05, 0) is 12.8 Å². The molecule has 100 valence electrons. The first-order chi connectivity index (χ1) is 8.72. The number of nitrogens with one attached hydrogen (secondary N) is 1. The monoisotopic (exact) mass is 252 g/mol. The van der Waals surface area contributed by atoms with Crippen molar-refractivity contribution in [2.75, 3.05) is 39.3 Å². The molecular formula is C12H20N4O2. The zero-order chi connectivity index (χ0) is 13.0. The molecule has 1 fully saturated rings. The van der Waals surface area contributed by atoms with Gasteiger partial charge in [0.05, 0.1) is 20.3 Å². The van der Waals surface area contributed by atoms with E-state index in [2.05, 4.69) is 15.3 Å². The number of hydrogen-bond donors (Lipinski definition) is 1. The summed E-state index contributed by atoms with van der Waals surface area (Å²) in [5, 5.41) is 3.45. The van der Waals surface area contributed by atoms with Gasteiger partial charge in [0.2, 0.25) is 17.7 Å². The van der Waals surface area contributed by atoms with Gasteiger partial charge in [0.1, 0.15) is 0 Å². The standard InChI is InChI=1S/C12H20N4O2/c1-16(7-6-13-9-4-5-9)12-14-10(17-2)8-11(15-12)18-3/h8-9,13H,4-7H2,1-3H3. The largest absolute Gasteiger partial charge is 0.481 e. The minimum Gasteiger partial charge on any atom is -0.481 e. The maximum absolute atomic E-state index is 5.13. The predicted octanol–water partition coefficient (Wildman–Crippen LogP) is 0.682. The van der Waals surface area contributed by atoms with E-state index in [4.69, 9.17) is 9.47 Å². The molecule has 6 heteroatoms. The average molecular weight is 252 g/mol. The lowest BCUT2D eigenvalue weighted by Gasteiger charge is -2.18. The van der Waals surface area contributed by atoms with Crippen LogP contribution in [0.15, 0.2) is 6.07 Å². The van der Waals surface area contributed by atoms with Crippen molar-refractivity contribution in [1.29, 1.82) is 0 Å². The van der Waals surface area contributed by atoms with Crippen LogP contribution in [0.3, 0.4) is 0 Å². The van der Waals surface area contributed by atoms with Crippen molar-refractivity contribution in [1.82, 2.24) is 15.3 Å². The Morgan fingerprint density at radius 3 is 2.39 bits per heavy atom. The summed E-state index contributed by atoms with van der Waals surface area (Å²) in [7, 11) is 5.13. The minimum atomic E-state index is 0.513. The second kappa shape index (κ2) is 5.86. The van der Waals surface area contributed by atoms with Crippen LogP contribution in [0.25, 0.3) is 0 Å². The van der Waals surface area contributed by atoms with Crippen LogP contribution in [0.4, 0.5) is 5.95 Å². The fraction of sp³-hybridized carbons (Fsp3) is 0.667. The summed E-state index contributed by atoms with van der Waals surface area (Å²) in [6.45, 7) is 1.79. The van der Waals surface area contributed by atoms with Gasteiger partial charge >= 0.3 is 0 Å². The fourth-order valence-electron chi connectivity index (χ4n) is 1.60. The van der Waals surface area contributed by atoms with Gasteiger partial charge < -0.3 is 19.7 Å². The Labute approximate surface area is 107 Å². The smallest absolute Gasteiger partial charge is 0.231 e. The highest BCUT2D eigenvalue weighted by Gasteiger charge is 2.20. The molecule has 2 rings (SSSR count). The zero-order valence-corrected chi connectivity index (χ0v) is 11.1. The molecule has 0 radical (unpaired) electrons. The van der Waals surface area contributed by atoms with Crippen LogP contribution in [0.1, 0.15) is 12.8 Å². The van der Waals surface area contributed by atoms with Gasteiger partial charge in [-0.25, -0.2) is 0 Å². The lowest BCUT2D eigenvalue weighted by atomic mass is 10.5. The molecule has 1 heterocycles. The molecule has 18 heavy (non-hydrogen) atoms. The molecule has 0 aromatic carbocycles. The van der Waals surface area contributed by atoms with Gasteiger partial charge in [0.15, 0.2) is 0 Å². The van der Waals surface area contributed by atoms with Crippen molar-refractivity contribution in [3.05, 3.63) is 6.07 Å². The van der Waals surface area contributed by atoms with E-state index in [1.807, 2.05) is 11.9 Å². The quantitative estimate of drug-likeness (QED) is 0.770. The van der Waals surface area contributed by atoms with Crippen molar-refractivity contribution in [2.24, 2.45) is 0 Å². The normalized spacial score (nSPS) is 14.4. The average Bonchev–Trinajstić information content (AvgIpc) is 3.22. The summed E-state index contributed by atoms with van der Waals surface area (Å²) in [5.74, 6) is 1.64. The van der Waals surface area contributed by atoms with Crippen LogP contribution in [-0.4, -0.2) is 50.4 Å². The Kier molecular flexibility index (Phi) is 4.19. The maximum atomic E-state index is 5.13. The number of nitrogens with zero attached hydrogens (tertiary/aromatic N) is 3. The van der Waals surface area contributed by atoms with Crippen LogP contribution < -0.4 is 19.7 Å². The van der Waals surface area contributed by atoms with Gasteiger partial charge in [-0.3, -0.25) is 0 Å². The van der Waals surface area contributed by atoms with Gasteiger partial charge in [0.25, 0.3) is 0 Å². The maximum Gasteiger partial charge on any atom is 0.231 e. The predicted molar refractivity (Wildman–Crippen MR) is 69.4 cm³/mol. The number of rotatable bonds is 7. The third kappa shape index (κ3) is 3.46. The van der Waals surface area contributed by atoms with Crippen LogP contribution in [0.2, 0.25) is 0 Å². The first-order valence-electron chi connectivity index (χ1n) is 6.14. The Morgan fingerprint density at radius 2 is 1.89 bits per heavy atom. The van der Waals surface area contributed by atoms with E-state index in [1.165, 1.54) is 12.8 Å². The molecule has 1 N–H and O–H groups in total. The molecule has 0 aliphatic heterocycles. The van der Waals surface area contributed by atoms with Crippen LogP contribution >= 0.6 is 0 Å². The highest BCUT2D eigenvalue weighted by molar-refractivity contribution is 5.35. The van der Waals surface area contributed by atoms with Crippen molar-refractivity contribution in [3.63, 3.8) is 0 Å². The van der Waals surface area contributed by atoms with Crippen molar-refractivity contribution < 1.29 is 9.47 Å². The van der Waals surface area contributed by atoms with Gasteiger partial charge in [-0.2, -0.15) is 9.97 Å². The first kappa shape index (κ1) is 12.9. The van der Waals surface area contributed by atoms with Crippen molar-refractivity contribution in [3.8, 4) is 11.8 Å². The van der Waals surface area contributed by atoms with Crippen LogP contribution in [0, 0.1) is 0 Å². The first-order valence-corrected chi connectivity index (χ1v) is 6.14. The Hall–Kier alpha value is -1.56. The van der Waals surface area contributed by atoms with E-state index in [1.54, 1.807) is 20.3 Å². The topological polar surface area (TPSA) is 59.5 Å². The summed E-state index contributed by atoms with van der Waals surface area (Å²) < 4.78 is 10.3. The highest BCUT2D eigenvalue weighted by Crippen LogP contribution is 2.20. The SMILES string of the molecule is COc1cc(OC)nc(N(C)CCNC2CC2)n1. The van der Waals surface area contributed by atoms with E-state index < -0.39 is 0 Å². The molecule has 1 aromatic heterocycles. The van der Waals surface area contributed by atoms with Gasteiger partial charge in [-0.15, -0.1) is 0 Å². The Balaban J connectivity index is 1.95. The zero-order valence-electron chi connectivity index (χ0n) is 11.1. The molecule has 0 atom stereocenters. The lowest BCUT2D eigenvalue weighted by Crippen LogP contribution is -2.31. The van der Waals surface area contributed by atoms with Crippen LogP contribution in [0.5, 0.6) is 11.8 Å². The lowest BCUT2D eigenvalue weighted by molar-refractivity contribution is 0.372.